The molecule has 1 aliphatic rings. The van der Waals surface area contributed by atoms with Gasteiger partial charge in [-0.3, -0.25) is 0 Å². The molecule has 0 amide bonds. The van der Waals surface area contributed by atoms with Crippen LogP contribution in [0.5, 0.6) is 0 Å². The van der Waals surface area contributed by atoms with E-state index in [1.54, 1.807) is 11.3 Å². The molecular weight excluding hydrogens is 494 g/mol. The highest BCUT2D eigenvalue weighted by Gasteiger charge is 2.24. The lowest BCUT2D eigenvalue weighted by Crippen LogP contribution is -2.01. The zero-order valence-electron chi connectivity index (χ0n) is 21.3. The molecule has 2 heterocycles. The van der Waals surface area contributed by atoms with Crippen molar-refractivity contribution in [2.45, 2.75) is 13.3 Å². The lowest BCUT2D eigenvalue weighted by atomic mass is 10.00. The molecule has 0 spiro atoms. The second-order valence-electron chi connectivity index (χ2n) is 10.1. The van der Waals surface area contributed by atoms with Gasteiger partial charge >= 0.3 is 0 Å². The minimum absolute atomic E-state index is 0.692. The Morgan fingerprint density at radius 1 is 0.564 bits per heavy atom. The fraction of sp³-hybridized carbons (Fsp3) is 0.0571. The highest BCUT2D eigenvalue weighted by atomic mass is 32.1. The third-order valence-corrected chi connectivity index (χ3v) is 8.87. The Hall–Kier alpha value is -4.67. The van der Waals surface area contributed by atoms with Crippen molar-refractivity contribution < 1.29 is 0 Å². The molecule has 4 heteroatoms. The van der Waals surface area contributed by atoms with Gasteiger partial charge < -0.3 is 0 Å². The molecule has 0 radical (unpaired) electrons. The van der Waals surface area contributed by atoms with E-state index in [2.05, 4.69) is 97.9 Å². The van der Waals surface area contributed by atoms with Gasteiger partial charge in [-0.15, -0.1) is 11.3 Å². The van der Waals surface area contributed by atoms with Gasteiger partial charge in [0.25, 0.3) is 0 Å². The first-order chi connectivity index (χ1) is 19.2. The van der Waals surface area contributed by atoms with Crippen molar-refractivity contribution in [1.29, 1.82) is 0 Å². The molecule has 0 unspecified atom stereocenters. The molecule has 5 aromatic carbocycles. The Balaban J connectivity index is 1.38. The van der Waals surface area contributed by atoms with Crippen molar-refractivity contribution in [1.82, 2.24) is 15.0 Å². The Morgan fingerprint density at radius 2 is 1.26 bits per heavy atom. The molecule has 2 aromatic heterocycles. The summed E-state index contributed by atoms with van der Waals surface area (Å²) in [6, 6.07) is 38.5. The number of hydrogen-bond acceptors (Lipinski definition) is 4. The van der Waals surface area contributed by atoms with E-state index in [1.165, 1.54) is 48.0 Å². The van der Waals surface area contributed by atoms with Crippen LogP contribution in [0.25, 0.3) is 65.5 Å². The minimum atomic E-state index is 0.692. The predicted octanol–water partition coefficient (Wildman–Crippen LogP) is 9.12. The SMILES string of the molecule is Cc1ccc2c(c1)-c1cccc(-c3nc(-c4ccccc4)nc(-c4cccc5c4sc4ccccc45)n3)c1C2. The van der Waals surface area contributed by atoms with Gasteiger partial charge in [0.15, 0.2) is 17.5 Å². The van der Waals surface area contributed by atoms with Crippen LogP contribution in [-0.4, -0.2) is 15.0 Å². The van der Waals surface area contributed by atoms with Crippen LogP contribution in [0, 0.1) is 6.92 Å². The highest BCUT2D eigenvalue weighted by Crippen LogP contribution is 2.43. The van der Waals surface area contributed by atoms with E-state index >= 15 is 0 Å². The van der Waals surface area contributed by atoms with Crippen LogP contribution in [0.4, 0.5) is 0 Å². The maximum atomic E-state index is 5.16. The predicted molar refractivity (Wildman–Crippen MR) is 162 cm³/mol. The monoisotopic (exact) mass is 517 g/mol. The smallest absolute Gasteiger partial charge is 0.165 e. The van der Waals surface area contributed by atoms with Crippen LogP contribution in [0.15, 0.2) is 109 Å². The van der Waals surface area contributed by atoms with Gasteiger partial charge in [0.1, 0.15) is 0 Å². The summed E-state index contributed by atoms with van der Waals surface area (Å²) in [4.78, 5) is 15.3. The van der Waals surface area contributed by atoms with Crippen LogP contribution < -0.4 is 0 Å². The molecule has 0 saturated carbocycles. The number of rotatable bonds is 3. The van der Waals surface area contributed by atoms with Crippen LogP contribution in [0.2, 0.25) is 0 Å². The van der Waals surface area contributed by atoms with Crippen LogP contribution in [0.1, 0.15) is 16.7 Å². The number of fused-ring (bicyclic) bond motifs is 6. The van der Waals surface area contributed by atoms with Gasteiger partial charge in [0, 0.05) is 36.9 Å². The number of aromatic nitrogens is 3. The first kappa shape index (κ1) is 22.3. The number of thiophene rings is 1. The first-order valence-electron chi connectivity index (χ1n) is 13.2. The van der Waals surface area contributed by atoms with Crippen molar-refractivity contribution in [2.24, 2.45) is 0 Å². The van der Waals surface area contributed by atoms with Crippen LogP contribution >= 0.6 is 11.3 Å². The van der Waals surface area contributed by atoms with E-state index in [-0.39, 0.29) is 0 Å². The maximum absolute atomic E-state index is 5.16. The molecule has 0 fully saturated rings. The topological polar surface area (TPSA) is 38.7 Å². The molecule has 0 atom stereocenters. The normalized spacial score (nSPS) is 12.1. The van der Waals surface area contributed by atoms with Crippen molar-refractivity contribution in [2.75, 3.05) is 0 Å². The second kappa shape index (κ2) is 8.69. The van der Waals surface area contributed by atoms with E-state index in [1.807, 2.05) is 18.2 Å². The number of hydrogen-bond donors (Lipinski definition) is 0. The summed E-state index contributed by atoms with van der Waals surface area (Å²) in [6.07, 6.45) is 0.884. The summed E-state index contributed by atoms with van der Waals surface area (Å²) >= 11 is 1.80. The molecule has 184 valence electrons. The summed E-state index contributed by atoms with van der Waals surface area (Å²) in [5.41, 5.74) is 9.62. The van der Waals surface area contributed by atoms with Crippen molar-refractivity contribution >= 4 is 31.5 Å². The fourth-order valence-corrected chi connectivity index (χ4v) is 6.99. The van der Waals surface area contributed by atoms with E-state index in [0.29, 0.717) is 11.6 Å². The van der Waals surface area contributed by atoms with Crippen molar-refractivity contribution in [3.05, 3.63) is 126 Å². The lowest BCUT2D eigenvalue weighted by Gasteiger charge is -2.12. The van der Waals surface area contributed by atoms with Crippen LogP contribution in [-0.2, 0) is 6.42 Å². The average molecular weight is 518 g/mol. The molecule has 0 N–H and O–H groups in total. The number of nitrogens with zero attached hydrogens (tertiary/aromatic N) is 3. The highest BCUT2D eigenvalue weighted by molar-refractivity contribution is 7.26. The lowest BCUT2D eigenvalue weighted by molar-refractivity contribution is 1.07. The number of aryl methyl sites for hydroxylation is 1. The summed E-state index contributed by atoms with van der Waals surface area (Å²) in [5, 5.41) is 2.51. The van der Waals surface area contributed by atoms with Crippen LogP contribution in [0.3, 0.4) is 0 Å². The van der Waals surface area contributed by atoms with E-state index in [4.69, 9.17) is 15.0 Å². The molecule has 0 aliphatic heterocycles. The Labute approximate surface area is 230 Å². The van der Waals surface area contributed by atoms with Gasteiger partial charge in [-0.2, -0.15) is 0 Å². The average Bonchev–Trinajstić information content (AvgIpc) is 3.55. The van der Waals surface area contributed by atoms with E-state index in [0.717, 1.165) is 28.9 Å². The number of benzene rings is 5. The second-order valence-corrected chi connectivity index (χ2v) is 11.2. The van der Waals surface area contributed by atoms with Crippen molar-refractivity contribution in [3.63, 3.8) is 0 Å². The summed E-state index contributed by atoms with van der Waals surface area (Å²) in [5.74, 6) is 2.12. The van der Waals surface area contributed by atoms with E-state index in [9.17, 15) is 0 Å². The van der Waals surface area contributed by atoms with Gasteiger partial charge in [-0.1, -0.05) is 103 Å². The largest absolute Gasteiger partial charge is 0.208 e. The molecule has 0 bridgehead atoms. The molecule has 3 nitrogen and oxygen atoms in total. The summed E-state index contributed by atoms with van der Waals surface area (Å²) in [7, 11) is 0. The first-order valence-corrected chi connectivity index (χ1v) is 14.0. The third kappa shape index (κ3) is 3.60. The molecule has 39 heavy (non-hydrogen) atoms. The van der Waals surface area contributed by atoms with Crippen molar-refractivity contribution in [3.8, 4) is 45.3 Å². The molecule has 7 aromatic rings. The van der Waals surface area contributed by atoms with Gasteiger partial charge in [0.05, 0.1) is 0 Å². The molecular formula is C35H23N3S. The summed E-state index contributed by atoms with van der Waals surface area (Å²) in [6.45, 7) is 2.15. The third-order valence-electron chi connectivity index (χ3n) is 7.65. The minimum Gasteiger partial charge on any atom is -0.208 e. The Morgan fingerprint density at radius 3 is 2.15 bits per heavy atom. The van der Waals surface area contributed by atoms with Gasteiger partial charge in [-0.25, -0.2) is 15.0 Å². The molecule has 0 saturated heterocycles. The van der Waals surface area contributed by atoms with E-state index < -0.39 is 0 Å². The Bertz CT molecular complexity index is 2060. The molecule has 1 aliphatic carbocycles. The zero-order valence-corrected chi connectivity index (χ0v) is 22.2. The maximum Gasteiger partial charge on any atom is 0.165 e. The standard InChI is InChI=1S/C35H23N3S/c1-21-17-18-23-20-30-24(29(23)19-21)12-7-14-27(30)34-36-33(22-9-3-2-4-10-22)37-35(38-34)28-15-8-13-26-25-11-5-6-16-31(25)39-32(26)28/h2-19H,20H2,1H3. The fourth-order valence-electron chi connectivity index (χ4n) is 5.78. The summed E-state index contributed by atoms with van der Waals surface area (Å²) < 4.78 is 2.47. The quantitative estimate of drug-likeness (QED) is 0.235. The zero-order chi connectivity index (χ0) is 25.9. The molecule has 8 rings (SSSR count). The van der Waals surface area contributed by atoms with Gasteiger partial charge in [0.2, 0.25) is 0 Å². The van der Waals surface area contributed by atoms with Gasteiger partial charge in [-0.05, 0) is 47.7 Å². The Kier molecular flexibility index (Phi) is 4.97.